The third-order valence-corrected chi connectivity index (χ3v) is 2.61. The molecule has 1 aliphatic rings. The monoisotopic (exact) mass is 226 g/mol. The van der Waals surface area contributed by atoms with Crippen LogP contribution in [0.5, 0.6) is 0 Å². The van der Waals surface area contributed by atoms with E-state index in [9.17, 15) is 4.79 Å². The molecule has 0 bridgehead atoms. The topological polar surface area (TPSA) is 58.5 Å². The van der Waals surface area contributed by atoms with Gasteiger partial charge >= 0.3 is 0 Å². The molecule has 0 saturated heterocycles. The lowest BCUT2D eigenvalue weighted by atomic mass is 10.2. The molecule has 0 atom stereocenters. The van der Waals surface area contributed by atoms with Crippen LogP contribution < -0.4 is 5.01 Å². The first kappa shape index (κ1) is 9.89. The van der Waals surface area contributed by atoms with Crippen LogP contribution in [-0.2, 0) is 4.79 Å². The predicted molar refractivity (Wildman–Crippen MR) is 64.8 cm³/mol. The number of anilines is 1. The second-order valence-corrected chi connectivity index (χ2v) is 3.95. The molecular weight excluding hydrogens is 216 g/mol. The summed E-state index contributed by atoms with van der Waals surface area (Å²) in [5.41, 5.74) is 3.13. The van der Waals surface area contributed by atoms with E-state index in [1.54, 1.807) is 12.4 Å². The van der Waals surface area contributed by atoms with Crippen LogP contribution in [0.25, 0.3) is 11.0 Å². The first-order valence-electron chi connectivity index (χ1n) is 5.32. The van der Waals surface area contributed by atoms with Crippen LogP contribution in [0.2, 0.25) is 0 Å². The number of hydrazone groups is 1. The molecule has 0 N–H and O–H groups in total. The van der Waals surface area contributed by atoms with Gasteiger partial charge in [0.2, 0.25) is 0 Å². The van der Waals surface area contributed by atoms with Crippen molar-refractivity contribution in [3.8, 4) is 0 Å². The highest BCUT2D eigenvalue weighted by Gasteiger charge is 2.22. The van der Waals surface area contributed by atoms with Gasteiger partial charge in [0, 0.05) is 18.1 Å². The summed E-state index contributed by atoms with van der Waals surface area (Å²) >= 11 is 0. The molecular formula is C12H10N4O. The Hall–Kier alpha value is -2.30. The molecule has 0 fully saturated rings. The lowest BCUT2D eigenvalue weighted by molar-refractivity contribution is -0.116. The minimum atomic E-state index is -0.00857. The van der Waals surface area contributed by atoms with E-state index < -0.39 is 0 Å². The average molecular weight is 226 g/mol. The second-order valence-electron chi connectivity index (χ2n) is 3.95. The lowest BCUT2D eigenvalue weighted by Gasteiger charge is -2.11. The molecule has 1 aromatic heterocycles. The van der Waals surface area contributed by atoms with Gasteiger partial charge in [-0.1, -0.05) is 0 Å². The number of benzene rings is 1. The highest BCUT2D eigenvalue weighted by Crippen LogP contribution is 2.23. The summed E-state index contributed by atoms with van der Waals surface area (Å²) in [6, 6.07) is 5.49. The Kier molecular flexibility index (Phi) is 2.11. The number of carbonyl (C=O) groups excluding carboxylic acids is 1. The van der Waals surface area contributed by atoms with Gasteiger partial charge in [-0.25, -0.2) is 5.01 Å². The zero-order valence-corrected chi connectivity index (χ0v) is 9.29. The van der Waals surface area contributed by atoms with Crippen molar-refractivity contribution >= 4 is 28.3 Å². The van der Waals surface area contributed by atoms with Crippen molar-refractivity contribution in [1.82, 2.24) is 9.97 Å². The molecule has 5 nitrogen and oxygen atoms in total. The Morgan fingerprint density at radius 3 is 2.65 bits per heavy atom. The van der Waals surface area contributed by atoms with E-state index in [1.165, 1.54) is 5.01 Å². The van der Waals surface area contributed by atoms with Gasteiger partial charge in [-0.05, 0) is 25.1 Å². The van der Waals surface area contributed by atoms with Crippen LogP contribution in [0.4, 0.5) is 5.69 Å². The number of amides is 1. The van der Waals surface area contributed by atoms with Gasteiger partial charge < -0.3 is 0 Å². The van der Waals surface area contributed by atoms with Gasteiger partial charge in [-0.15, -0.1) is 0 Å². The van der Waals surface area contributed by atoms with Gasteiger partial charge in [0.1, 0.15) is 0 Å². The quantitative estimate of drug-likeness (QED) is 0.744. The normalized spacial score (nSPS) is 15.5. The maximum atomic E-state index is 11.7. The van der Waals surface area contributed by atoms with Gasteiger partial charge in [-0.3, -0.25) is 14.8 Å². The summed E-state index contributed by atoms with van der Waals surface area (Å²) < 4.78 is 0. The summed E-state index contributed by atoms with van der Waals surface area (Å²) in [5.74, 6) is -0.00857. The van der Waals surface area contributed by atoms with Crippen molar-refractivity contribution in [2.45, 2.75) is 13.3 Å². The first-order chi connectivity index (χ1) is 8.24. The highest BCUT2D eigenvalue weighted by molar-refractivity contribution is 6.12. The molecule has 84 valence electrons. The zero-order chi connectivity index (χ0) is 11.8. The van der Waals surface area contributed by atoms with Crippen molar-refractivity contribution < 1.29 is 4.79 Å². The molecule has 1 aliphatic heterocycles. The summed E-state index contributed by atoms with van der Waals surface area (Å²) in [6.45, 7) is 1.85. The maximum Gasteiger partial charge on any atom is 0.253 e. The van der Waals surface area contributed by atoms with Gasteiger partial charge in [0.15, 0.2) is 0 Å². The second kappa shape index (κ2) is 3.62. The third-order valence-electron chi connectivity index (χ3n) is 2.61. The summed E-state index contributed by atoms with van der Waals surface area (Å²) in [7, 11) is 0. The molecule has 1 aromatic carbocycles. The number of hydrogen-bond donors (Lipinski definition) is 0. The Bertz CT molecular complexity index is 635. The van der Waals surface area contributed by atoms with Gasteiger partial charge in [0.05, 0.1) is 23.1 Å². The molecule has 0 unspecified atom stereocenters. The van der Waals surface area contributed by atoms with Crippen LogP contribution in [0.1, 0.15) is 13.3 Å². The molecule has 1 amide bonds. The molecule has 0 radical (unpaired) electrons. The zero-order valence-electron chi connectivity index (χ0n) is 9.29. The first-order valence-corrected chi connectivity index (χ1v) is 5.32. The fraction of sp³-hybridized carbons (Fsp3) is 0.167. The molecule has 17 heavy (non-hydrogen) atoms. The third kappa shape index (κ3) is 1.65. The van der Waals surface area contributed by atoms with E-state index >= 15 is 0 Å². The SMILES string of the molecule is CC1=NN(c2ccc3nccnc3c2)C(=O)C1. The predicted octanol–water partition coefficient (Wildman–Crippen LogP) is 1.74. The molecule has 0 saturated carbocycles. The highest BCUT2D eigenvalue weighted by atomic mass is 16.2. The van der Waals surface area contributed by atoms with Crippen LogP contribution in [-0.4, -0.2) is 21.6 Å². The fourth-order valence-corrected chi connectivity index (χ4v) is 1.84. The fourth-order valence-electron chi connectivity index (χ4n) is 1.84. The smallest absolute Gasteiger partial charge is 0.253 e. The number of carbonyl (C=O) groups is 1. The summed E-state index contributed by atoms with van der Waals surface area (Å²) in [5, 5.41) is 5.62. The molecule has 0 aliphatic carbocycles. The Balaban J connectivity index is 2.09. The van der Waals surface area contributed by atoms with E-state index in [2.05, 4.69) is 15.1 Å². The van der Waals surface area contributed by atoms with Crippen LogP contribution >= 0.6 is 0 Å². The Morgan fingerprint density at radius 2 is 1.94 bits per heavy atom. The van der Waals surface area contributed by atoms with Gasteiger partial charge in [0.25, 0.3) is 5.91 Å². The number of aromatic nitrogens is 2. The Labute approximate surface area is 97.8 Å². The van der Waals surface area contributed by atoms with Crippen LogP contribution in [0, 0.1) is 0 Å². The van der Waals surface area contributed by atoms with E-state index in [4.69, 9.17) is 0 Å². The molecule has 2 aromatic rings. The van der Waals surface area contributed by atoms with E-state index in [0.717, 1.165) is 22.4 Å². The molecule has 5 heteroatoms. The van der Waals surface area contributed by atoms with Crippen molar-refractivity contribution in [3.05, 3.63) is 30.6 Å². The summed E-state index contributed by atoms with van der Waals surface area (Å²) in [6.07, 6.45) is 3.66. The summed E-state index contributed by atoms with van der Waals surface area (Å²) in [4.78, 5) is 20.1. The van der Waals surface area contributed by atoms with Crippen molar-refractivity contribution in [2.75, 3.05) is 5.01 Å². The minimum absolute atomic E-state index is 0.00857. The minimum Gasteiger partial charge on any atom is -0.272 e. The number of hydrogen-bond acceptors (Lipinski definition) is 4. The van der Waals surface area contributed by atoms with Gasteiger partial charge in [-0.2, -0.15) is 5.10 Å². The maximum absolute atomic E-state index is 11.7. The van der Waals surface area contributed by atoms with E-state index in [-0.39, 0.29) is 5.91 Å². The van der Waals surface area contributed by atoms with Crippen LogP contribution in [0.15, 0.2) is 35.7 Å². The Morgan fingerprint density at radius 1 is 1.18 bits per heavy atom. The molecule has 0 spiro atoms. The van der Waals surface area contributed by atoms with Crippen LogP contribution in [0.3, 0.4) is 0 Å². The van der Waals surface area contributed by atoms with Crippen molar-refractivity contribution in [1.29, 1.82) is 0 Å². The number of fused-ring (bicyclic) bond motifs is 1. The largest absolute Gasteiger partial charge is 0.272 e. The van der Waals surface area contributed by atoms with E-state index in [1.807, 2.05) is 25.1 Å². The van der Waals surface area contributed by atoms with Crippen molar-refractivity contribution in [2.24, 2.45) is 5.10 Å². The lowest BCUT2D eigenvalue weighted by Crippen LogP contribution is -2.19. The number of rotatable bonds is 1. The average Bonchev–Trinajstić information content (AvgIpc) is 2.68. The van der Waals surface area contributed by atoms with Crippen molar-refractivity contribution in [3.63, 3.8) is 0 Å². The van der Waals surface area contributed by atoms with E-state index in [0.29, 0.717) is 6.42 Å². The number of nitrogens with zero attached hydrogens (tertiary/aromatic N) is 4. The molecule has 2 heterocycles. The molecule has 3 rings (SSSR count). The standard InChI is InChI=1S/C12H10N4O/c1-8-6-12(17)16(15-8)9-2-3-10-11(7-9)14-5-4-13-10/h2-5,7H,6H2,1H3.